The summed E-state index contributed by atoms with van der Waals surface area (Å²) in [6, 6.07) is -0.534. The van der Waals surface area contributed by atoms with E-state index < -0.39 is 12.3 Å². The highest BCUT2D eigenvalue weighted by molar-refractivity contribution is 5.86. The summed E-state index contributed by atoms with van der Waals surface area (Å²) in [5.74, 6) is -0.210. The third-order valence-corrected chi connectivity index (χ3v) is 1.32. The van der Waals surface area contributed by atoms with Crippen LogP contribution in [0.2, 0.25) is 0 Å². The molecular formula is C8H17NO3. The third-order valence-electron chi connectivity index (χ3n) is 1.32. The minimum atomic E-state index is -0.792. The molecule has 0 amide bonds. The molecule has 0 heterocycles. The number of hydrogen-bond donors (Lipinski definition) is 1. The Labute approximate surface area is 73.0 Å². The molecule has 0 fully saturated rings. The number of carbonyl (C=O) groups excluding carboxylic acids is 1. The fourth-order valence-corrected chi connectivity index (χ4v) is 0.730. The van der Waals surface area contributed by atoms with E-state index in [0.29, 0.717) is 13.2 Å². The molecule has 0 aromatic carbocycles. The van der Waals surface area contributed by atoms with E-state index in [-0.39, 0.29) is 5.78 Å². The normalized spacial score (nSPS) is 13.4. The molecule has 1 atom stereocenters. The van der Waals surface area contributed by atoms with Crippen LogP contribution in [-0.4, -0.2) is 31.3 Å². The Morgan fingerprint density at radius 1 is 1.33 bits per heavy atom. The van der Waals surface area contributed by atoms with Gasteiger partial charge in [0.15, 0.2) is 0 Å². The first kappa shape index (κ1) is 11.6. The molecule has 0 spiro atoms. The number of Topliss-reactive ketones (excluding diaryl/α,β-unsaturated/α-hetero) is 1. The molecule has 0 aliphatic carbocycles. The smallest absolute Gasteiger partial charge is 0.219 e. The van der Waals surface area contributed by atoms with Crippen molar-refractivity contribution in [2.75, 3.05) is 13.2 Å². The van der Waals surface area contributed by atoms with Gasteiger partial charge in [0.25, 0.3) is 0 Å². The lowest BCUT2D eigenvalue weighted by Gasteiger charge is -2.16. The second-order valence-corrected chi connectivity index (χ2v) is 2.43. The van der Waals surface area contributed by atoms with Crippen molar-refractivity contribution in [3.8, 4) is 0 Å². The number of nitrogens with two attached hydrogens (primary N) is 1. The van der Waals surface area contributed by atoms with Gasteiger partial charge in [0.05, 0.1) is 6.04 Å². The first-order valence-corrected chi connectivity index (χ1v) is 4.16. The van der Waals surface area contributed by atoms with Crippen molar-refractivity contribution in [3.05, 3.63) is 0 Å². The molecule has 0 saturated heterocycles. The van der Waals surface area contributed by atoms with E-state index in [1.807, 2.05) is 0 Å². The van der Waals surface area contributed by atoms with Gasteiger partial charge in [0.2, 0.25) is 12.1 Å². The number of rotatable bonds is 6. The van der Waals surface area contributed by atoms with Gasteiger partial charge in [0.1, 0.15) is 0 Å². The molecule has 1 unspecified atom stereocenters. The molecule has 4 nitrogen and oxygen atoms in total. The van der Waals surface area contributed by atoms with Crippen LogP contribution in [-0.2, 0) is 14.3 Å². The Morgan fingerprint density at radius 3 is 2.00 bits per heavy atom. The van der Waals surface area contributed by atoms with Gasteiger partial charge >= 0.3 is 0 Å². The summed E-state index contributed by atoms with van der Waals surface area (Å²) in [5, 5.41) is 0. The minimum Gasteiger partial charge on any atom is -0.346 e. The maximum Gasteiger partial charge on any atom is 0.219 e. The quantitative estimate of drug-likeness (QED) is 0.590. The van der Waals surface area contributed by atoms with E-state index in [2.05, 4.69) is 0 Å². The molecule has 0 aromatic heterocycles. The predicted octanol–water partition coefficient (Wildman–Crippen LogP) is 0.302. The highest BCUT2D eigenvalue weighted by Gasteiger charge is 2.21. The van der Waals surface area contributed by atoms with Gasteiger partial charge in [-0.1, -0.05) is 0 Å². The lowest BCUT2D eigenvalue weighted by molar-refractivity contribution is -0.168. The van der Waals surface area contributed by atoms with Crippen molar-refractivity contribution in [2.45, 2.75) is 33.1 Å². The first-order valence-electron chi connectivity index (χ1n) is 4.16. The second-order valence-electron chi connectivity index (χ2n) is 2.43. The maximum atomic E-state index is 11.2. The Hall–Kier alpha value is -0.450. The van der Waals surface area contributed by atoms with Crippen LogP contribution in [0.1, 0.15) is 20.8 Å². The number of hydrogen-bond acceptors (Lipinski definition) is 4. The van der Waals surface area contributed by atoms with Gasteiger partial charge in [-0.3, -0.25) is 4.79 Å². The largest absolute Gasteiger partial charge is 0.346 e. The average molecular weight is 175 g/mol. The fraction of sp³-hybridized carbons (Fsp3) is 0.875. The van der Waals surface area contributed by atoms with Crippen LogP contribution in [0.15, 0.2) is 0 Å². The average Bonchev–Trinajstić information content (AvgIpc) is 2.03. The Balaban J connectivity index is 3.99. The highest BCUT2D eigenvalue weighted by Crippen LogP contribution is 1.99. The van der Waals surface area contributed by atoms with E-state index in [1.165, 1.54) is 0 Å². The zero-order chi connectivity index (χ0) is 9.56. The molecule has 0 aromatic rings. The Bertz CT molecular complexity index is 130. The van der Waals surface area contributed by atoms with E-state index in [9.17, 15) is 4.79 Å². The van der Waals surface area contributed by atoms with Crippen molar-refractivity contribution in [1.82, 2.24) is 0 Å². The standard InChI is InChI=1S/C8H17NO3/c1-4-11-8(12-5-2)7(10)6(3)9/h6,8H,4-5,9H2,1-3H3. The zero-order valence-electron chi connectivity index (χ0n) is 7.87. The van der Waals surface area contributed by atoms with E-state index in [4.69, 9.17) is 15.2 Å². The van der Waals surface area contributed by atoms with Crippen molar-refractivity contribution in [1.29, 1.82) is 0 Å². The van der Waals surface area contributed by atoms with Crippen LogP contribution in [0.5, 0.6) is 0 Å². The SMILES string of the molecule is CCOC(OCC)C(=O)C(C)N. The van der Waals surface area contributed by atoms with Crippen molar-refractivity contribution in [3.63, 3.8) is 0 Å². The molecule has 4 heteroatoms. The van der Waals surface area contributed by atoms with E-state index in [0.717, 1.165) is 0 Å². The van der Waals surface area contributed by atoms with Crippen molar-refractivity contribution in [2.24, 2.45) is 5.73 Å². The Kier molecular flexibility index (Phi) is 5.88. The van der Waals surface area contributed by atoms with E-state index >= 15 is 0 Å². The van der Waals surface area contributed by atoms with Crippen LogP contribution >= 0.6 is 0 Å². The number of ketones is 1. The molecule has 0 aliphatic rings. The van der Waals surface area contributed by atoms with Crippen LogP contribution < -0.4 is 5.73 Å². The monoisotopic (exact) mass is 175 g/mol. The van der Waals surface area contributed by atoms with Gasteiger partial charge < -0.3 is 15.2 Å². The van der Waals surface area contributed by atoms with Gasteiger partial charge in [0, 0.05) is 13.2 Å². The third kappa shape index (κ3) is 3.80. The summed E-state index contributed by atoms with van der Waals surface area (Å²) < 4.78 is 10.1. The van der Waals surface area contributed by atoms with Crippen molar-refractivity contribution < 1.29 is 14.3 Å². The summed E-state index contributed by atoms with van der Waals surface area (Å²) in [6.45, 7) is 6.13. The highest BCUT2D eigenvalue weighted by atomic mass is 16.7. The molecule has 0 aliphatic heterocycles. The molecule has 0 saturated carbocycles. The summed E-state index contributed by atoms with van der Waals surface area (Å²) in [5.41, 5.74) is 5.39. The topological polar surface area (TPSA) is 61.5 Å². The molecule has 0 radical (unpaired) electrons. The fourth-order valence-electron chi connectivity index (χ4n) is 0.730. The van der Waals surface area contributed by atoms with Gasteiger partial charge in [-0.05, 0) is 20.8 Å². The molecule has 2 N–H and O–H groups in total. The van der Waals surface area contributed by atoms with Crippen LogP contribution in [0.4, 0.5) is 0 Å². The zero-order valence-corrected chi connectivity index (χ0v) is 7.87. The first-order chi connectivity index (χ1) is 5.63. The summed E-state index contributed by atoms with van der Waals surface area (Å²) in [4.78, 5) is 11.2. The summed E-state index contributed by atoms with van der Waals surface area (Å²) >= 11 is 0. The lowest BCUT2D eigenvalue weighted by Crippen LogP contribution is -2.39. The van der Waals surface area contributed by atoms with Gasteiger partial charge in [-0.2, -0.15) is 0 Å². The number of ether oxygens (including phenoxy) is 2. The van der Waals surface area contributed by atoms with Crippen LogP contribution in [0.25, 0.3) is 0 Å². The summed E-state index contributed by atoms with van der Waals surface area (Å²) in [7, 11) is 0. The Morgan fingerprint density at radius 2 is 1.75 bits per heavy atom. The second kappa shape index (κ2) is 6.11. The summed E-state index contributed by atoms with van der Waals surface area (Å²) in [6.07, 6.45) is -0.792. The molecule has 12 heavy (non-hydrogen) atoms. The molecule has 72 valence electrons. The van der Waals surface area contributed by atoms with Gasteiger partial charge in [-0.15, -0.1) is 0 Å². The molecule has 0 rings (SSSR count). The number of carbonyl (C=O) groups is 1. The van der Waals surface area contributed by atoms with Crippen LogP contribution in [0, 0.1) is 0 Å². The maximum absolute atomic E-state index is 11.2. The van der Waals surface area contributed by atoms with Crippen molar-refractivity contribution >= 4 is 5.78 Å². The van der Waals surface area contributed by atoms with Crippen LogP contribution in [0.3, 0.4) is 0 Å². The van der Waals surface area contributed by atoms with Gasteiger partial charge in [-0.25, -0.2) is 0 Å². The minimum absolute atomic E-state index is 0.210. The lowest BCUT2D eigenvalue weighted by atomic mass is 10.2. The molecular weight excluding hydrogens is 158 g/mol. The predicted molar refractivity (Wildman–Crippen MR) is 45.7 cm³/mol. The van der Waals surface area contributed by atoms with E-state index in [1.54, 1.807) is 20.8 Å². The molecule has 0 bridgehead atoms.